The molecule has 7 heteroatoms. The molecule has 1 aromatic carbocycles. The van der Waals surface area contributed by atoms with Gasteiger partial charge in [0.25, 0.3) is 5.56 Å². The fourth-order valence-electron chi connectivity index (χ4n) is 2.16. The molecule has 0 unspecified atom stereocenters. The van der Waals surface area contributed by atoms with E-state index >= 15 is 0 Å². The molecule has 0 saturated heterocycles. The summed E-state index contributed by atoms with van der Waals surface area (Å²) in [6.45, 7) is 1.64. The Morgan fingerprint density at radius 2 is 1.78 bits per heavy atom. The van der Waals surface area contributed by atoms with E-state index in [0.717, 1.165) is 10.6 Å². The number of nitrogens with zero attached hydrogens (tertiary/aromatic N) is 2. The Labute approximate surface area is 130 Å². The summed E-state index contributed by atoms with van der Waals surface area (Å²) in [5.41, 5.74) is -0.997. The maximum Gasteiger partial charge on any atom is 0.417 e. The number of carbonyl (C=O) groups is 1. The average molecular weight is 324 g/mol. The topological polar surface area (TPSA) is 42.3 Å². The molecule has 1 heterocycles. The van der Waals surface area contributed by atoms with Crippen LogP contribution in [0.25, 0.3) is 0 Å². The van der Waals surface area contributed by atoms with Gasteiger partial charge in [-0.05, 0) is 25.1 Å². The standard InChI is InChI=1S/C16H15F3N2O2/c1-2-21(13-6-4-3-5-7-13)15(23)11-20-10-12(16(17,18)19)8-9-14(20)22/h3-10H,2,11H2,1H3. The number of alkyl halides is 3. The Morgan fingerprint density at radius 3 is 2.35 bits per heavy atom. The highest BCUT2D eigenvalue weighted by Crippen LogP contribution is 2.28. The van der Waals surface area contributed by atoms with E-state index in [4.69, 9.17) is 0 Å². The van der Waals surface area contributed by atoms with Crippen molar-refractivity contribution in [2.45, 2.75) is 19.6 Å². The fraction of sp³-hybridized carbons (Fsp3) is 0.250. The molecule has 0 spiro atoms. The number of carbonyl (C=O) groups excluding carboxylic acids is 1. The predicted molar refractivity (Wildman–Crippen MR) is 80.2 cm³/mol. The Hall–Kier alpha value is -2.57. The number of rotatable bonds is 4. The van der Waals surface area contributed by atoms with Crippen LogP contribution in [0.15, 0.2) is 53.5 Å². The third-order valence-electron chi connectivity index (χ3n) is 3.30. The second kappa shape index (κ2) is 6.68. The molecule has 0 radical (unpaired) electrons. The van der Waals surface area contributed by atoms with Crippen molar-refractivity contribution in [3.05, 3.63) is 64.6 Å². The Kier molecular flexibility index (Phi) is 4.88. The molecule has 0 aliphatic heterocycles. The summed E-state index contributed by atoms with van der Waals surface area (Å²) in [4.78, 5) is 25.5. The summed E-state index contributed by atoms with van der Waals surface area (Å²) in [5, 5.41) is 0. The number of benzene rings is 1. The molecule has 0 N–H and O–H groups in total. The minimum Gasteiger partial charge on any atom is -0.311 e. The fourth-order valence-corrected chi connectivity index (χ4v) is 2.16. The van der Waals surface area contributed by atoms with Crippen LogP contribution >= 0.6 is 0 Å². The van der Waals surface area contributed by atoms with Gasteiger partial charge >= 0.3 is 6.18 Å². The molecule has 0 fully saturated rings. The van der Waals surface area contributed by atoms with Gasteiger partial charge in [0.2, 0.25) is 5.91 Å². The summed E-state index contributed by atoms with van der Waals surface area (Å²) < 4.78 is 38.9. The van der Waals surface area contributed by atoms with Crippen molar-refractivity contribution >= 4 is 11.6 Å². The molecule has 0 bridgehead atoms. The molecular weight excluding hydrogens is 309 g/mol. The maximum atomic E-state index is 12.7. The van der Waals surface area contributed by atoms with E-state index in [-0.39, 0.29) is 0 Å². The van der Waals surface area contributed by atoms with Crippen LogP contribution in [-0.4, -0.2) is 17.0 Å². The van der Waals surface area contributed by atoms with Crippen molar-refractivity contribution in [1.82, 2.24) is 4.57 Å². The highest BCUT2D eigenvalue weighted by molar-refractivity contribution is 5.93. The number of para-hydroxylation sites is 1. The van der Waals surface area contributed by atoms with Gasteiger partial charge in [0, 0.05) is 24.5 Å². The van der Waals surface area contributed by atoms with E-state index in [2.05, 4.69) is 0 Å². The molecule has 122 valence electrons. The lowest BCUT2D eigenvalue weighted by Crippen LogP contribution is -2.36. The van der Waals surface area contributed by atoms with Crippen LogP contribution in [-0.2, 0) is 17.5 Å². The van der Waals surface area contributed by atoms with Gasteiger partial charge in [-0.3, -0.25) is 9.59 Å². The van der Waals surface area contributed by atoms with Crippen LogP contribution < -0.4 is 10.5 Å². The highest BCUT2D eigenvalue weighted by atomic mass is 19.4. The summed E-state index contributed by atoms with van der Waals surface area (Å²) >= 11 is 0. The third-order valence-corrected chi connectivity index (χ3v) is 3.30. The molecule has 0 aliphatic carbocycles. The number of hydrogen-bond donors (Lipinski definition) is 0. The van der Waals surface area contributed by atoms with E-state index in [9.17, 15) is 22.8 Å². The smallest absolute Gasteiger partial charge is 0.311 e. The molecule has 0 saturated carbocycles. The van der Waals surface area contributed by atoms with Crippen LogP contribution in [0.5, 0.6) is 0 Å². The third kappa shape index (κ3) is 4.00. The average Bonchev–Trinajstić information content (AvgIpc) is 2.50. The molecule has 4 nitrogen and oxygen atoms in total. The number of anilines is 1. The van der Waals surface area contributed by atoms with E-state index in [1.54, 1.807) is 37.3 Å². The first-order valence-corrected chi connectivity index (χ1v) is 6.96. The minimum atomic E-state index is -4.57. The first-order chi connectivity index (χ1) is 10.8. The van der Waals surface area contributed by atoms with Gasteiger partial charge in [-0.2, -0.15) is 13.2 Å². The molecular formula is C16H15F3N2O2. The molecule has 2 rings (SSSR count). The zero-order valence-electron chi connectivity index (χ0n) is 12.4. The molecule has 1 amide bonds. The van der Waals surface area contributed by atoms with Gasteiger partial charge in [0.1, 0.15) is 6.54 Å². The Morgan fingerprint density at radius 1 is 1.13 bits per heavy atom. The largest absolute Gasteiger partial charge is 0.417 e. The molecule has 0 aliphatic rings. The zero-order valence-corrected chi connectivity index (χ0v) is 12.4. The number of pyridine rings is 1. The van der Waals surface area contributed by atoms with Gasteiger partial charge in [-0.15, -0.1) is 0 Å². The van der Waals surface area contributed by atoms with Gasteiger partial charge in [-0.1, -0.05) is 18.2 Å². The lowest BCUT2D eigenvalue weighted by Gasteiger charge is -2.21. The number of amides is 1. The predicted octanol–water partition coefficient (Wildman–Crippen LogP) is 2.92. The van der Waals surface area contributed by atoms with Crippen LogP contribution in [0.3, 0.4) is 0 Å². The van der Waals surface area contributed by atoms with E-state index in [1.807, 2.05) is 0 Å². The summed E-state index contributed by atoms with van der Waals surface area (Å²) in [7, 11) is 0. The lowest BCUT2D eigenvalue weighted by molar-refractivity contribution is -0.138. The van der Waals surface area contributed by atoms with Crippen molar-refractivity contribution in [3.63, 3.8) is 0 Å². The van der Waals surface area contributed by atoms with Crippen LogP contribution in [0.2, 0.25) is 0 Å². The van der Waals surface area contributed by atoms with Gasteiger partial charge in [0.15, 0.2) is 0 Å². The van der Waals surface area contributed by atoms with Crippen molar-refractivity contribution < 1.29 is 18.0 Å². The second-order valence-electron chi connectivity index (χ2n) is 4.86. The summed E-state index contributed by atoms with van der Waals surface area (Å²) in [5.74, 6) is -0.458. The summed E-state index contributed by atoms with van der Waals surface area (Å²) in [6, 6.07) is 10.3. The SMILES string of the molecule is CCN(C(=O)Cn1cc(C(F)(F)F)ccc1=O)c1ccccc1. The van der Waals surface area contributed by atoms with E-state index in [1.165, 1.54) is 4.90 Å². The summed E-state index contributed by atoms with van der Waals surface area (Å²) in [6.07, 6.45) is -3.90. The first kappa shape index (κ1) is 16.8. The van der Waals surface area contributed by atoms with Crippen molar-refractivity contribution in [2.24, 2.45) is 0 Å². The van der Waals surface area contributed by atoms with Crippen LogP contribution in [0, 0.1) is 0 Å². The molecule has 23 heavy (non-hydrogen) atoms. The zero-order chi connectivity index (χ0) is 17.0. The number of likely N-dealkylation sites (N-methyl/N-ethyl adjacent to an activating group) is 1. The van der Waals surface area contributed by atoms with Crippen molar-refractivity contribution in [1.29, 1.82) is 0 Å². The Balaban J connectivity index is 2.27. The number of aromatic nitrogens is 1. The van der Waals surface area contributed by atoms with Gasteiger partial charge < -0.3 is 9.47 Å². The van der Waals surface area contributed by atoms with Gasteiger partial charge in [-0.25, -0.2) is 0 Å². The van der Waals surface area contributed by atoms with Crippen LogP contribution in [0.4, 0.5) is 18.9 Å². The van der Waals surface area contributed by atoms with Crippen molar-refractivity contribution in [3.8, 4) is 0 Å². The van der Waals surface area contributed by atoms with Crippen molar-refractivity contribution in [2.75, 3.05) is 11.4 Å². The maximum absolute atomic E-state index is 12.7. The minimum absolute atomic E-state index is 0.344. The normalized spacial score (nSPS) is 11.3. The molecule has 0 atom stereocenters. The monoisotopic (exact) mass is 324 g/mol. The van der Waals surface area contributed by atoms with E-state index < -0.39 is 29.8 Å². The van der Waals surface area contributed by atoms with E-state index in [0.29, 0.717) is 24.5 Å². The van der Waals surface area contributed by atoms with Crippen LogP contribution in [0.1, 0.15) is 12.5 Å². The number of halogens is 3. The molecule has 2 aromatic rings. The second-order valence-corrected chi connectivity index (χ2v) is 4.86. The Bertz CT molecular complexity index is 739. The molecule has 1 aromatic heterocycles. The first-order valence-electron chi connectivity index (χ1n) is 6.96. The number of hydrogen-bond acceptors (Lipinski definition) is 2. The highest BCUT2D eigenvalue weighted by Gasteiger charge is 2.31. The lowest BCUT2D eigenvalue weighted by atomic mass is 10.2. The quantitative estimate of drug-likeness (QED) is 0.868. The van der Waals surface area contributed by atoms with Gasteiger partial charge in [0.05, 0.1) is 5.56 Å².